The molecule has 2 N–H and O–H groups in total. The fraction of sp³-hybridized carbons (Fsp3) is 0.895. The Bertz CT molecular complexity index is 536. The van der Waals surface area contributed by atoms with Gasteiger partial charge in [-0.25, -0.2) is 0 Å². The van der Waals surface area contributed by atoms with Crippen molar-refractivity contribution in [2.75, 3.05) is 46.3 Å². The molecule has 6 nitrogen and oxygen atoms in total. The van der Waals surface area contributed by atoms with E-state index >= 15 is 0 Å². The number of nitrogens with one attached hydrogen (secondary N) is 2. The number of nitrogens with zero attached hydrogens (tertiary/aromatic N) is 3. The summed E-state index contributed by atoms with van der Waals surface area (Å²) in [5, 5.41) is 6.67. The zero-order valence-corrected chi connectivity index (χ0v) is 19.9. The predicted octanol–water partition coefficient (Wildman–Crippen LogP) is 2.69. The van der Waals surface area contributed by atoms with Crippen molar-refractivity contribution in [3.63, 3.8) is 0 Å². The molecule has 0 aromatic carbocycles. The van der Waals surface area contributed by atoms with Gasteiger partial charge in [0.15, 0.2) is 5.96 Å². The van der Waals surface area contributed by atoms with Crippen molar-refractivity contribution < 1.29 is 18.0 Å². The van der Waals surface area contributed by atoms with Gasteiger partial charge in [0, 0.05) is 38.6 Å². The minimum Gasteiger partial charge on any atom is -0.356 e. The monoisotopic (exact) mass is 533 g/mol. The third kappa shape index (κ3) is 9.27. The number of aliphatic imine (C=N–C) groups is 1. The van der Waals surface area contributed by atoms with E-state index in [0.29, 0.717) is 25.6 Å². The molecule has 2 rings (SSSR count). The third-order valence-corrected chi connectivity index (χ3v) is 5.51. The third-order valence-electron chi connectivity index (χ3n) is 5.51. The normalized spacial score (nSPS) is 22.0. The molecule has 170 valence electrons. The quantitative estimate of drug-likeness (QED) is 0.313. The van der Waals surface area contributed by atoms with Gasteiger partial charge < -0.3 is 15.5 Å². The van der Waals surface area contributed by atoms with Crippen LogP contribution in [0.15, 0.2) is 4.99 Å². The second kappa shape index (κ2) is 12.2. The van der Waals surface area contributed by atoms with Gasteiger partial charge in [0.2, 0.25) is 5.91 Å². The lowest BCUT2D eigenvalue weighted by Crippen LogP contribution is -2.46. The molecule has 0 aliphatic carbocycles. The van der Waals surface area contributed by atoms with Gasteiger partial charge in [0.25, 0.3) is 0 Å². The Morgan fingerprint density at radius 3 is 2.38 bits per heavy atom. The van der Waals surface area contributed by atoms with Gasteiger partial charge in [-0.05, 0) is 44.7 Å². The van der Waals surface area contributed by atoms with Crippen LogP contribution >= 0.6 is 24.0 Å². The Kier molecular flexibility index (Phi) is 11.0. The summed E-state index contributed by atoms with van der Waals surface area (Å²) in [6, 6.07) is 0.194. The van der Waals surface area contributed by atoms with Gasteiger partial charge in [-0.3, -0.25) is 14.7 Å². The zero-order valence-electron chi connectivity index (χ0n) is 17.6. The molecule has 1 unspecified atom stereocenters. The fourth-order valence-corrected chi connectivity index (χ4v) is 3.91. The van der Waals surface area contributed by atoms with Crippen LogP contribution in [-0.4, -0.2) is 80.2 Å². The molecule has 2 saturated heterocycles. The van der Waals surface area contributed by atoms with Crippen LogP contribution in [0, 0.1) is 11.8 Å². The van der Waals surface area contributed by atoms with Gasteiger partial charge in [-0.15, -0.1) is 24.0 Å². The molecule has 2 heterocycles. The van der Waals surface area contributed by atoms with Crippen molar-refractivity contribution in [1.82, 2.24) is 20.4 Å². The van der Waals surface area contributed by atoms with Crippen molar-refractivity contribution in [1.29, 1.82) is 0 Å². The second-order valence-corrected chi connectivity index (χ2v) is 8.19. The van der Waals surface area contributed by atoms with Gasteiger partial charge in [0.05, 0.1) is 6.54 Å². The van der Waals surface area contributed by atoms with E-state index in [9.17, 15) is 18.0 Å². The van der Waals surface area contributed by atoms with E-state index in [1.807, 2.05) is 18.7 Å². The molecule has 0 saturated carbocycles. The fourth-order valence-electron chi connectivity index (χ4n) is 3.91. The lowest BCUT2D eigenvalue weighted by molar-refractivity contribution is -0.148. The number of amides is 1. The number of hydrogen-bond donors (Lipinski definition) is 2. The van der Waals surface area contributed by atoms with Crippen molar-refractivity contribution in [3.8, 4) is 0 Å². The number of carbonyl (C=O) groups excluding carboxylic acids is 1. The highest BCUT2D eigenvalue weighted by Gasteiger charge is 2.32. The molecule has 1 atom stereocenters. The first kappa shape index (κ1) is 26.3. The van der Waals surface area contributed by atoms with Crippen LogP contribution in [0.5, 0.6) is 0 Å². The molecule has 29 heavy (non-hydrogen) atoms. The Morgan fingerprint density at radius 2 is 1.83 bits per heavy atom. The standard InChI is InChI=1S/C19H34F3N5O.HI/c1-14(2)17(28)27-11-7-16(12-27)25-18(23-3)24-8-4-15-5-9-26(10-6-15)13-19(20,21)22;/h14-16H,4-13H2,1-3H3,(H2,23,24,25);1H. The number of likely N-dealkylation sites (tertiary alicyclic amines) is 2. The number of hydrogen-bond acceptors (Lipinski definition) is 3. The number of carbonyl (C=O) groups is 1. The molecule has 0 aromatic rings. The van der Waals surface area contributed by atoms with E-state index in [2.05, 4.69) is 15.6 Å². The number of rotatable bonds is 6. The maximum absolute atomic E-state index is 12.4. The van der Waals surface area contributed by atoms with Crippen LogP contribution in [-0.2, 0) is 4.79 Å². The van der Waals surface area contributed by atoms with E-state index < -0.39 is 12.7 Å². The maximum atomic E-state index is 12.4. The highest BCUT2D eigenvalue weighted by molar-refractivity contribution is 14.0. The Balaban J connectivity index is 0.00000420. The van der Waals surface area contributed by atoms with Gasteiger partial charge >= 0.3 is 6.18 Å². The smallest absolute Gasteiger partial charge is 0.356 e. The van der Waals surface area contributed by atoms with Crippen molar-refractivity contribution >= 4 is 35.8 Å². The van der Waals surface area contributed by atoms with Crippen LogP contribution < -0.4 is 10.6 Å². The summed E-state index contributed by atoms with van der Waals surface area (Å²) < 4.78 is 37.3. The summed E-state index contributed by atoms with van der Waals surface area (Å²) >= 11 is 0. The lowest BCUT2D eigenvalue weighted by Gasteiger charge is -2.32. The van der Waals surface area contributed by atoms with Crippen molar-refractivity contribution in [3.05, 3.63) is 0 Å². The summed E-state index contributed by atoms with van der Waals surface area (Å²) in [5.74, 6) is 1.36. The van der Waals surface area contributed by atoms with E-state index in [0.717, 1.165) is 44.7 Å². The Hall–Kier alpha value is -0.780. The summed E-state index contributed by atoms with van der Waals surface area (Å²) in [7, 11) is 1.72. The molecule has 0 spiro atoms. The Labute approximate surface area is 189 Å². The van der Waals surface area contributed by atoms with Crippen LogP contribution in [0.2, 0.25) is 0 Å². The lowest BCUT2D eigenvalue weighted by atomic mass is 9.93. The minimum atomic E-state index is -4.11. The molecular formula is C19H35F3IN5O. The van der Waals surface area contributed by atoms with E-state index in [4.69, 9.17) is 0 Å². The molecule has 0 aromatic heterocycles. The molecule has 1 amide bonds. The highest BCUT2D eigenvalue weighted by atomic mass is 127. The van der Waals surface area contributed by atoms with Gasteiger partial charge in [-0.2, -0.15) is 13.2 Å². The van der Waals surface area contributed by atoms with E-state index in [1.54, 1.807) is 7.05 Å². The summed E-state index contributed by atoms with van der Waals surface area (Å²) in [5.41, 5.74) is 0. The summed E-state index contributed by atoms with van der Waals surface area (Å²) in [6.45, 7) is 6.25. The molecule has 10 heteroatoms. The van der Waals surface area contributed by atoms with Crippen LogP contribution in [0.25, 0.3) is 0 Å². The minimum absolute atomic E-state index is 0. The average Bonchev–Trinajstić information content (AvgIpc) is 3.08. The summed E-state index contributed by atoms with van der Waals surface area (Å²) in [6.07, 6.45) is -0.681. The molecule has 2 aliphatic rings. The van der Waals surface area contributed by atoms with E-state index in [-0.39, 0.29) is 41.8 Å². The van der Waals surface area contributed by atoms with Crippen molar-refractivity contribution in [2.45, 2.75) is 51.7 Å². The van der Waals surface area contributed by atoms with Crippen LogP contribution in [0.1, 0.15) is 39.5 Å². The first-order chi connectivity index (χ1) is 13.2. The predicted molar refractivity (Wildman–Crippen MR) is 120 cm³/mol. The van der Waals surface area contributed by atoms with Crippen LogP contribution in [0.4, 0.5) is 13.2 Å². The number of piperidine rings is 1. The number of alkyl halides is 3. The molecule has 0 radical (unpaired) electrons. The first-order valence-corrected chi connectivity index (χ1v) is 10.2. The topological polar surface area (TPSA) is 60.0 Å². The molecule has 2 fully saturated rings. The average molecular weight is 533 g/mol. The van der Waals surface area contributed by atoms with Crippen LogP contribution in [0.3, 0.4) is 0 Å². The first-order valence-electron chi connectivity index (χ1n) is 10.2. The summed E-state index contributed by atoms with van der Waals surface area (Å²) in [4.78, 5) is 19.7. The van der Waals surface area contributed by atoms with Gasteiger partial charge in [-0.1, -0.05) is 13.8 Å². The largest absolute Gasteiger partial charge is 0.401 e. The highest BCUT2D eigenvalue weighted by Crippen LogP contribution is 2.24. The maximum Gasteiger partial charge on any atom is 0.401 e. The second-order valence-electron chi connectivity index (χ2n) is 8.19. The number of halogens is 4. The SMILES string of the molecule is CN=C(NCCC1CCN(CC(F)(F)F)CC1)NC1CCN(C(=O)C(C)C)C1.I. The van der Waals surface area contributed by atoms with Gasteiger partial charge in [0.1, 0.15) is 0 Å². The Morgan fingerprint density at radius 1 is 1.17 bits per heavy atom. The molecule has 0 bridgehead atoms. The number of guanidine groups is 1. The molecular weight excluding hydrogens is 498 g/mol. The van der Waals surface area contributed by atoms with E-state index in [1.165, 1.54) is 4.90 Å². The van der Waals surface area contributed by atoms with Crippen molar-refractivity contribution in [2.24, 2.45) is 16.8 Å². The zero-order chi connectivity index (χ0) is 20.7. The molecule has 2 aliphatic heterocycles.